The van der Waals surface area contributed by atoms with Gasteiger partial charge in [0.15, 0.2) is 17.4 Å². The summed E-state index contributed by atoms with van der Waals surface area (Å²) in [5, 5.41) is 10.2. The maximum absolute atomic E-state index is 15.0. The predicted octanol–water partition coefficient (Wildman–Crippen LogP) is 5.03. The summed E-state index contributed by atoms with van der Waals surface area (Å²) in [6.07, 6.45) is 0.923. The van der Waals surface area contributed by atoms with Gasteiger partial charge >= 0.3 is 0 Å². The molecular weight excluding hydrogens is 414 g/mol. The molecule has 3 aromatic rings. The van der Waals surface area contributed by atoms with E-state index in [-0.39, 0.29) is 28.8 Å². The highest BCUT2D eigenvalue weighted by Gasteiger charge is 2.29. The smallest absolute Gasteiger partial charge is 0.262 e. The number of primary amides is 1. The number of phenolic OH excluding ortho intramolecular Hbond substituents is 1. The number of aromatic hydroxyl groups is 1. The fourth-order valence-electron chi connectivity index (χ4n) is 3.89. The molecule has 5 nitrogen and oxygen atoms in total. The first-order valence-electron chi connectivity index (χ1n) is 9.47. The Labute approximate surface area is 177 Å². The molecule has 0 bridgehead atoms. The summed E-state index contributed by atoms with van der Waals surface area (Å²) in [4.78, 5) is 24.5. The van der Waals surface area contributed by atoms with E-state index in [4.69, 9.17) is 17.3 Å². The average Bonchev–Trinajstić information content (AvgIpc) is 2.98. The third kappa shape index (κ3) is 3.77. The van der Waals surface area contributed by atoms with Crippen LogP contribution in [0.1, 0.15) is 53.7 Å². The highest BCUT2D eigenvalue weighted by atomic mass is 35.5. The van der Waals surface area contributed by atoms with Gasteiger partial charge in [-0.1, -0.05) is 24.6 Å². The largest absolute Gasteiger partial charge is 0.503 e. The second kappa shape index (κ2) is 8.44. The number of halogens is 3. The summed E-state index contributed by atoms with van der Waals surface area (Å²) in [7, 11) is 0. The van der Waals surface area contributed by atoms with Gasteiger partial charge in [-0.3, -0.25) is 14.2 Å². The van der Waals surface area contributed by atoms with Crippen molar-refractivity contribution < 1.29 is 23.5 Å². The second-order valence-electron chi connectivity index (χ2n) is 7.18. The van der Waals surface area contributed by atoms with Crippen molar-refractivity contribution >= 4 is 34.3 Å². The van der Waals surface area contributed by atoms with E-state index in [1.54, 1.807) is 25.1 Å². The van der Waals surface area contributed by atoms with E-state index in [0.717, 1.165) is 6.07 Å². The monoisotopic (exact) mass is 434 g/mol. The normalized spacial score (nSPS) is 12.3. The van der Waals surface area contributed by atoms with Crippen LogP contribution in [0.3, 0.4) is 0 Å². The molecule has 0 radical (unpaired) electrons. The molecule has 2 aromatic carbocycles. The van der Waals surface area contributed by atoms with Crippen molar-refractivity contribution in [3.05, 3.63) is 63.8 Å². The van der Waals surface area contributed by atoms with Crippen LogP contribution in [-0.4, -0.2) is 21.5 Å². The fraction of sp³-hybridized carbons (Fsp3) is 0.273. The first kappa shape index (κ1) is 21.8. The van der Waals surface area contributed by atoms with Crippen molar-refractivity contribution in [3.8, 4) is 5.75 Å². The van der Waals surface area contributed by atoms with Crippen LogP contribution in [0.25, 0.3) is 10.9 Å². The van der Waals surface area contributed by atoms with Crippen LogP contribution < -0.4 is 5.73 Å². The molecule has 3 rings (SSSR count). The lowest BCUT2D eigenvalue weighted by molar-refractivity contribution is -0.118. The molecule has 0 saturated heterocycles. The van der Waals surface area contributed by atoms with Gasteiger partial charge in [-0.25, -0.2) is 8.78 Å². The predicted molar refractivity (Wildman–Crippen MR) is 111 cm³/mol. The van der Waals surface area contributed by atoms with Crippen LogP contribution in [0, 0.1) is 18.6 Å². The summed E-state index contributed by atoms with van der Waals surface area (Å²) >= 11 is 6.00. The van der Waals surface area contributed by atoms with Gasteiger partial charge in [-0.15, -0.1) is 0 Å². The van der Waals surface area contributed by atoms with Crippen molar-refractivity contribution in [1.82, 2.24) is 4.57 Å². The Morgan fingerprint density at radius 1 is 1.27 bits per heavy atom. The molecule has 0 unspecified atom stereocenters. The number of hydrogen-bond donors (Lipinski definition) is 2. The van der Waals surface area contributed by atoms with E-state index < -0.39 is 29.2 Å². The molecule has 1 aromatic heterocycles. The molecule has 3 N–H and O–H groups in total. The third-order valence-electron chi connectivity index (χ3n) is 5.32. The lowest BCUT2D eigenvalue weighted by Gasteiger charge is -2.16. The molecule has 1 atom stereocenters. The van der Waals surface area contributed by atoms with Crippen LogP contribution in [0.2, 0.25) is 5.02 Å². The molecule has 0 fully saturated rings. The second-order valence-corrected chi connectivity index (χ2v) is 7.61. The molecule has 30 heavy (non-hydrogen) atoms. The zero-order valence-electron chi connectivity index (χ0n) is 16.5. The van der Waals surface area contributed by atoms with Gasteiger partial charge < -0.3 is 10.8 Å². The zero-order valence-corrected chi connectivity index (χ0v) is 17.3. The Bertz CT molecular complexity index is 1160. The highest BCUT2D eigenvalue weighted by Crippen LogP contribution is 2.41. The molecule has 0 saturated carbocycles. The number of nitrogens with zero attached hydrogens (tertiary/aromatic N) is 1. The van der Waals surface area contributed by atoms with Crippen molar-refractivity contribution in [1.29, 1.82) is 0 Å². The minimum atomic E-state index is -1.17. The number of fused-ring (bicyclic) bond motifs is 1. The number of hydrogen-bond acceptors (Lipinski definition) is 3. The van der Waals surface area contributed by atoms with Crippen LogP contribution in [-0.2, 0) is 4.79 Å². The Balaban J connectivity index is 2.32. The first-order chi connectivity index (χ1) is 14.2. The van der Waals surface area contributed by atoms with E-state index in [2.05, 4.69) is 0 Å². The van der Waals surface area contributed by atoms with Gasteiger partial charge in [-0.2, -0.15) is 0 Å². The van der Waals surface area contributed by atoms with Crippen molar-refractivity contribution in [3.63, 3.8) is 0 Å². The molecule has 1 heterocycles. The van der Waals surface area contributed by atoms with Crippen molar-refractivity contribution in [2.45, 2.75) is 39.0 Å². The number of phenols is 1. The Morgan fingerprint density at radius 3 is 2.57 bits per heavy atom. The Morgan fingerprint density at radius 2 is 1.97 bits per heavy atom. The van der Waals surface area contributed by atoms with E-state index in [0.29, 0.717) is 29.1 Å². The maximum Gasteiger partial charge on any atom is 0.262 e. The van der Waals surface area contributed by atoms with E-state index in [1.807, 2.05) is 6.92 Å². The van der Waals surface area contributed by atoms with Gasteiger partial charge in [-0.05, 0) is 49.4 Å². The summed E-state index contributed by atoms with van der Waals surface area (Å²) in [6.45, 7) is 3.48. The third-order valence-corrected chi connectivity index (χ3v) is 5.56. The van der Waals surface area contributed by atoms with Gasteiger partial charge in [0.05, 0.1) is 5.52 Å². The summed E-state index contributed by atoms with van der Waals surface area (Å²) < 4.78 is 30.4. The maximum atomic E-state index is 15.0. The molecule has 158 valence electrons. The van der Waals surface area contributed by atoms with Crippen LogP contribution in [0.15, 0.2) is 30.3 Å². The number of rotatable bonds is 6. The number of carbonyl (C=O) groups is 2. The average molecular weight is 435 g/mol. The lowest BCUT2D eigenvalue weighted by atomic mass is 9.89. The number of benzene rings is 2. The van der Waals surface area contributed by atoms with Gasteiger partial charge in [0.25, 0.3) is 5.91 Å². The molecule has 0 spiro atoms. The topological polar surface area (TPSA) is 85.3 Å². The molecule has 0 aliphatic rings. The lowest BCUT2D eigenvalue weighted by Crippen LogP contribution is -2.15. The highest BCUT2D eigenvalue weighted by molar-refractivity contribution is 6.31. The Hall–Kier alpha value is -2.93. The molecule has 0 aliphatic heterocycles. The first-order valence-corrected chi connectivity index (χ1v) is 9.85. The Kier molecular flexibility index (Phi) is 6.12. The zero-order chi connectivity index (χ0) is 22.2. The van der Waals surface area contributed by atoms with Gasteiger partial charge in [0, 0.05) is 34.2 Å². The van der Waals surface area contributed by atoms with Crippen LogP contribution >= 0.6 is 11.6 Å². The SMILES string of the molecule is CC[C@@H](CCC(N)=O)c1c(C)n(C(=O)c2cccc(Cl)c2)c2cc(F)c(O)c(F)c12. The van der Waals surface area contributed by atoms with Gasteiger partial charge in [0.1, 0.15) is 0 Å². The van der Waals surface area contributed by atoms with Crippen molar-refractivity contribution in [2.24, 2.45) is 5.73 Å². The van der Waals surface area contributed by atoms with Crippen LogP contribution in [0.4, 0.5) is 8.78 Å². The fourth-order valence-corrected chi connectivity index (χ4v) is 4.08. The molecule has 0 aliphatic carbocycles. The summed E-state index contributed by atoms with van der Waals surface area (Å²) in [6, 6.07) is 7.17. The number of amides is 1. The summed E-state index contributed by atoms with van der Waals surface area (Å²) in [5.74, 6) is -4.76. The van der Waals surface area contributed by atoms with Crippen molar-refractivity contribution in [2.75, 3.05) is 0 Å². The quantitative estimate of drug-likeness (QED) is 0.570. The van der Waals surface area contributed by atoms with E-state index in [1.165, 1.54) is 10.6 Å². The number of nitrogens with two attached hydrogens (primary N) is 1. The minimum Gasteiger partial charge on any atom is -0.503 e. The molecule has 1 amide bonds. The summed E-state index contributed by atoms with van der Waals surface area (Å²) in [5.41, 5.74) is 6.35. The molecular formula is C22H21ClF2N2O3. The van der Waals surface area contributed by atoms with Gasteiger partial charge in [0.2, 0.25) is 5.91 Å². The number of carbonyl (C=O) groups excluding carboxylic acids is 2. The molecule has 8 heteroatoms. The minimum absolute atomic E-state index is 0.00204. The standard InChI is InChI=1S/C22H21ClF2N2O3/c1-3-12(7-8-17(26)28)18-11(2)27(22(30)13-5-4-6-14(23)9-13)16-10-15(24)21(29)20(25)19(16)18/h4-6,9-10,12,29H,3,7-8H2,1-2H3,(H2,26,28)/t12-/m0/s1. The van der Waals surface area contributed by atoms with Crippen LogP contribution in [0.5, 0.6) is 5.75 Å². The number of aromatic nitrogens is 1. The van der Waals surface area contributed by atoms with E-state index >= 15 is 4.39 Å². The van der Waals surface area contributed by atoms with E-state index in [9.17, 15) is 19.1 Å².